The molecule has 1 aliphatic rings. The second-order valence-electron chi connectivity index (χ2n) is 3.55. The van der Waals surface area contributed by atoms with Crippen LogP contribution < -0.4 is 5.73 Å². The first-order valence-corrected chi connectivity index (χ1v) is 4.66. The van der Waals surface area contributed by atoms with Gasteiger partial charge in [0.25, 0.3) is 0 Å². The van der Waals surface area contributed by atoms with Crippen LogP contribution in [0.3, 0.4) is 0 Å². The number of amides is 1. The molecule has 1 rings (SSSR count). The van der Waals surface area contributed by atoms with Crippen molar-refractivity contribution in [1.82, 2.24) is 4.90 Å². The Morgan fingerprint density at radius 2 is 2.00 bits per heavy atom. The summed E-state index contributed by atoms with van der Waals surface area (Å²) in [5, 5.41) is 0. The summed E-state index contributed by atoms with van der Waals surface area (Å²) in [4.78, 5) is 22.4. The van der Waals surface area contributed by atoms with Crippen molar-refractivity contribution in [2.24, 2.45) is 11.7 Å². The number of hydrogen-bond acceptors (Lipinski definition) is 3. The zero-order valence-electron chi connectivity index (χ0n) is 7.69. The standard InChI is InChI=1S/C9H16N2O2/c10-9(3-6-12)8-1-4-11(7-13)5-2-8/h6-9H,1-5,10H2. The van der Waals surface area contributed by atoms with Crippen LogP contribution >= 0.6 is 0 Å². The summed E-state index contributed by atoms with van der Waals surface area (Å²) in [5.41, 5.74) is 5.81. The highest BCUT2D eigenvalue weighted by atomic mass is 16.1. The van der Waals surface area contributed by atoms with Gasteiger partial charge in [-0.15, -0.1) is 0 Å². The smallest absolute Gasteiger partial charge is 0.209 e. The van der Waals surface area contributed by atoms with Crippen LogP contribution in [0.1, 0.15) is 19.3 Å². The lowest BCUT2D eigenvalue weighted by Gasteiger charge is -2.31. The molecule has 1 aliphatic heterocycles. The van der Waals surface area contributed by atoms with E-state index in [1.807, 2.05) is 0 Å². The SMILES string of the molecule is NC(CC=O)C1CCN(C=O)CC1. The average molecular weight is 184 g/mol. The first kappa shape index (κ1) is 10.2. The van der Waals surface area contributed by atoms with E-state index < -0.39 is 0 Å². The van der Waals surface area contributed by atoms with Crippen molar-refractivity contribution in [2.45, 2.75) is 25.3 Å². The zero-order chi connectivity index (χ0) is 9.68. The van der Waals surface area contributed by atoms with Crippen LogP contribution in [0.5, 0.6) is 0 Å². The topological polar surface area (TPSA) is 63.4 Å². The van der Waals surface area contributed by atoms with E-state index in [4.69, 9.17) is 5.73 Å². The van der Waals surface area contributed by atoms with Gasteiger partial charge in [0.05, 0.1) is 0 Å². The minimum Gasteiger partial charge on any atom is -0.345 e. The van der Waals surface area contributed by atoms with Gasteiger partial charge < -0.3 is 15.4 Å². The molecule has 0 saturated carbocycles. The van der Waals surface area contributed by atoms with Gasteiger partial charge in [-0.3, -0.25) is 4.79 Å². The Morgan fingerprint density at radius 3 is 2.46 bits per heavy atom. The fourth-order valence-electron chi connectivity index (χ4n) is 1.76. The minimum absolute atomic E-state index is 0.0219. The first-order chi connectivity index (χ1) is 6.27. The Balaban J connectivity index is 2.31. The Bertz CT molecular complexity index is 176. The molecule has 4 nitrogen and oxygen atoms in total. The largest absolute Gasteiger partial charge is 0.345 e. The summed E-state index contributed by atoms with van der Waals surface area (Å²) < 4.78 is 0. The van der Waals surface area contributed by atoms with E-state index in [1.165, 1.54) is 0 Å². The summed E-state index contributed by atoms with van der Waals surface area (Å²) in [6.45, 7) is 1.56. The molecule has 13 heavy (non-hydrogen) atoms. The monoisotopic (exact) mass is 184 g/mol. The Kier molecular flexibility index (Phi) is 3.89. The first-order valence-electron chi connectivity index (χ1n) is 4.66. The molecular formula is C9H16N2O2. The van der Waals surface area contributed by atoms with E-state index in [9.17, 15) is 9.59 Å². The lowest BCUT2D eigenvalue weighted by atomic mass is 9.89. The van der Waals surface area contributed by atoms with E-state index in [0.717, 1.165) is 38.6 Å². The molecule has 0 spiro atoms. The van der Waals surface area contributed by atoms with Crippen LogP contribution in [0.25, 0.3) is 0 Å². The van der Waals surface area contributed by atoms with Crippen molar-refractivity contribution in [3.05, 3.63) is 0 Å². The van der Waals surface area contributed by atoms with Crippen molar-refractivity contribution < 1.29 is 9.59 Å². The van der Waals surface area contributed by atoms with Crippen LogP contribution in [-0.2, 0) is 9.59 Å². The molecule has 1 unspecified atom stereocenters. The van der Waals surface area contributed by atoms with Crippen molar-refractivity contribution in [1.29, 1.82) is 0 Å². The number of carbonyl (C=O) groups is 2. The third-order valence-corrected chi connectivity index (χ3v) is 2.70. The van der Waals surface area contributed by atoms with Crippen molar-refractivity contribution in [3.63, 3.8) is 0 Å². The predicted molar refractivity (Wildman–Crippen MR) is 49.0 cm³/mol. The summed E-state index contributed by atoms with van der Waals surface area (Å²) in [6, 6.07) is -0.0219. The number of aldehydes is 1. The van der Waals surface area contributed by atoms with Crippen molar-refractivity contribution >= 4 is 12.7 Å². The Morgan fingerprint density at radius 1 is 1.38 bits per heavy atom. The van der Waals surface area contributed by atoms with Crippen molar-refractivity contribution in [3.8, 4) is 0 Å². The number of nitrogens with zero attached hydrogens (tertiary/aromatic N) is 1. The number of hydrogen-bond donors (Lipinski definition) is 1. The second-order valence-corrected chi connectivity index (χ2v) is 3.55. The molecular weight excluding hydrogens is 168 g/mol. The maximum Gasteiger partial charge on any atom is 0.209 e. The van der Waals surface area contributed by atoms with Crippen LogP contribution in [0.2, 0.25) is 0 Å². The molecule has 1 amide bonds. The summed E-state index contributed by atoms with van der Waals surface area (Å²) in [6.07, 6.45) is 4.03. The zero-order valence-corrected chi connectivity index (χ0v) is 7.69. The highest BCUT2D eigenvalue weighted by molar-refractivity contribution is 5.50. The minimum atomic E-state index is -0.0219. The van der Waals surface area contributed by atoms with Crippen LogP contribution in [0, 0.1) is 5.92 Å². The molecule has 0 bridgehead atoms. The molecule has 74 valence electrons. The van der Waals surface area contributed by atoms with Gasteiger partial charge in [0.2, 0.25) is 6.41 Å². The molecule has 0 aromatic carbocycles. The molecule has 1 heterocycles. The van der Waals surface area contributed by atoms with E-state index in [1.54, 1.807) is 4.90 Å². The fraction of sp³-hybridized carbons (Fsp3) is 0.778. The second kappa shape index (κ2) is 4.97. The lowest BCUT2D eigenvalue weighted by molar-refractivity contribution is -0.119. The number of rotatable bonds is 4. The molecule has 0 aromatic heterocycles. The number of nitrogens with two attached hydrogens (primary N) is 1. The van der Waals surface area contributed by atoms with E-state index in [0.29, 0.717) is 12.3 Å². The predicted octanol–water partition coefficient (Wildman–Crippen LogP) is -0.229. The molecule has 0 aromatic rings. The quantitative estimate of drug-likeness (QED) is 0.614. The van der Waals surface area contributed by atoms with Gasteiger partial charge in [0.15, 0.2) is 0 Å². The normalized spacial score (nSPS) is 21.2. The maximum absolute atomic E-state index is 10.4. The van der Waals surface area contributed by atoms with Gasteiger partial charge in [0.1, 0.15) is 6.29 Å². The average Bonchev–Trinajstić information content (AvgIpc) is 2.18. The van der Waals surface area contributed by atoms with E-state index >= 15 is 0 Å². The molecule has 1 atom stereocenters. The highest BCUT2D eigenvalue weighted by Gasteiger charge is 2.22. The van der Waals surface area contributed by atoms with E-state index in [2.05, 4.69) is 0 Å². The van der Waals surface area contributed by atoms with Gasteiger partial charge in [-0.05, 0) is 18.8 Å². The molecule has 0 radical (unpaired) electrons. The summed E-state index contributed by atoms with van der Waals surface area (Å²) in [7, 11) is 0. The van der Waals surface area contributed by atoms with Gasteiger partial charge >= 0.3 is 0 Å². The van der Waals surface area contributed by atoms with Gasteiger partial charge in [-0.1, -0.05) is 0 Å². The van der Waals surface area contributed by atoms with Crippen LogP contribution in [0.4, 0.5) is 0 Å². The lowest BCUT2D eigenvalue weighted by Crippen LogP contribution is -2.40. The highest BCUT2D eigenvalue weighted by Crippen LogP contribution is 2.19. The van der Waals surface area contributed by atoms with Gasteiger partial charge in [0, 0.05) is 25.6 Å². The third-order valence-electron chi connectivity index (χ3n) is 2.70. The molecule has 1 saturated heterocycles. The third kappa shape index (κ3) is 2.81. The number of carbonyl (C=O) groups excluding carboxylic acids is 2. The van der Waals surface area contributed by atoms with Gasteiger partial charge in [-0.25, -0.2) is 0 Å². The Hall–Kier alpha value is -0.900. The van der Waals surface area contributed by atoms with Crippen molar-refractivity contribution in [2.75, 3.05) is 13.1 Å². The van der Waals surface area contributed by atoms with Gasteiger partial charge in [-0.2, -0.15) is 0 Å². The van der Waals surface area contributed by atoms with E-state index in [-0.39, 0.29) is 6.04 Å². The number of likely N-dealkylation sites (tertiary alicyclic amines) is 1. The molecule has 1 fully saturated rings. The maximum atomic E-state index is 10.4. The molecule has 2 N–H and O–H groups in total. The summed E-state index contributed by atoms with van der Waals surface area (Å²) in [5.74, 6) is 0.404. The van der Waals surface area contributed by atoms with Crippen LogP contribution in [-0.4, -0.2) is 36.7 Å². The molecule has 4 heteroatoms. The molecule has 0 aliphatic carbocycles. The van der Waals surface area contributed by atoms with Crippen LogP contribution in [0.15, 0.2) is 0 Å². The Labute approximate surface area is 78.1 Å². The number of piperidine rings is 1. The fourth-order valence-corrected chi connectivity index (χ4v) is 1.76. The summed E-state index contributed by atoms with van der Waals surface area (Å²) >= 11 is 0.